The smallest absolute Gasteiger partial charge is 0.137 e. The summed E-state index contributed by atoms with van der Waals surface area (Å²) in [5.74, 6) is 0.0505. The minimum Gasteiger partial charge on any atom is -0.456 e. The third-order valence-electron chi connectivity index (χ3n) is 17.2. The van der Waals surface area contributed by atoms with Gasteiger partial charge in [-0.05, 0) is 139 Å². The van der Waals surface area contributed by atoms with E-state index in [0.717, 1.165) is 73.8 Å². The summed E-state index contributed by atoms with van der Waals surface area (Å²) in [6, 6.07) is 103. The summed E-state index contributed by atoms with van der Waals surface area (Å²) in [6.45, 7) is 0. The summed E-state index contributed by atoms with van der Waals surface area (Å²) < 4.78 is 13.3. The molecule has 0 saturated carbocycles. The second kappa shape index (κ2) is 18.1. The molecule has 2 aromatic heterocycles. The van der Waals surface area contributed by atoms with Gasteiger partial charge in [-0.15, -0.1) is 0 Å². The van der Waals surface area contributed by atoms with Gasteiger partial charge in [0.1, 0.15) is 22.3 Å². The first-order valence-electron chi connectivity index (χ1n) is 27.6. The average Bonchev–Trinajstić information content (AvgIpc) is 3.53. The molecule has 0 amide bonds. The van der Waals surface area contributed by atoms with Gasteiger partial charge in [-0.25, -0.2) is 0 Å². The highest BCUT2D eigenvalue weighted by molar-refractivity contribution is 6.08. The predicted molar refractivity (Wildman–Crippen MR) is 326 cm³/mol. The fourth-order valence-electron chi connectivity index (χ4n) is 13.7. The number of furan rings is 2. The molecule has 16 rings (SSSR count). The molecule has 1 spiro atoms. The molecule has 2 unspecified atom stereocenters. The molecule has 0 fully saturated rings. The maximum Gasteiger partial charge on any atom is 0.137 e. The standard InChI is InChI=1S/C76H51NO2/c1-3-17-50(18-4-1)52-36-33-49(34-37-52)35-44-57(54-40-45-60-58-21-9-13-31-70(58)78-72(60)47-54)62-25-15-28-67-74(62)63-23-7-11-26-65(63)76(67)66-27-12-8-24-64(66)75-68(76)29-16-30-69(75)77(55-41-38-53(39-42-55)51-19-5-2-6-20-51)56-43-46-61-59-22-10-14-32-71(59)79-73(61)48-56/h1-34,36-43,45-48,57H,35,44H2. The van der Waals surface area contributed by atoms with Crippen molar-refractivity contribution >= 4 is 60.9 Å². The molecule has 2 heterocycles. The van der Waals surface area contributed by atoms with Crippen LogP contribution in [0.4, 0.5) is 17.1 Å². The summed E-state index contributed by atoms with van der Waals surface area (Å²) in [6.07, 6.45) is 1.82. The molecule has 2 aliphatic carbocycles. The molecule has 2 atom stereocenters. The van der Waals surface area contributed by atoms with Crippen LogP contribution in [-0.4, -0.2) is 0 Å². The second-order valence-electron chi connectivity index (χ2n) is 21.3. The average molecular weight is 1010 g/mol. The van der Waals surface area contributed by atoms with E-state index < -0.39 is 5.41 Å². The monoisotopic (exact) mass is 1010 g/mol. The van der Waals surface area contributed by atoms with Crippen molar-refractivity contribution in [3.63, 3.8) is 0 Å². The van der Waals surface area contributed by atoms with Crippen molar-refractivity contribution in [3.05, 3.63) is 318 Å². The van der Waals surface area contributed by atoms with Crippen molar-refractivity contribution in [2.45, 2.75) is 24.2 Å². The molecule has 0 aliphatic heterocycles. The molecular weight excluding hydrogens is 959 g/mol. The Bertz CT molecular complexity index is 4660. The molecule has 3 heteroatoms. The Morgan fingerprint density at radius 3 is 1.48 bits per heavy atom. The number of aryl methyl sites for hydroxylation is 1. The lowest BCUT2D eigenvalue weighted by atomic mass is 9.70. The molecule has 0 bridgehead atoms. The Hall–Kier alpha value is -9.96. The number of hydrogen-bond donors (Lipinski definition) is 0. The number of fused-ring (bicyclic) bond motifs is 16. The van der Waals surface area contributed by atoms with E-state index >= 15 is 0 Å². The van der Waals surface area contributed by atoms with Crippen LogP contribution in [0, 0.1) is 0 Å². The van der Waals surface area contributed by atoms with Gasteiger partial charge in [0, 0.05) is 50.5 Å². The first-order chi connectivity index (χ1) is 39.2. The highest BCUT2D eigenvalue weighted by atomic mass is 16.3. The van der Waals surface area contributed by atoms with Gasteiger partial charge in [0.15, 0.2) is 0 Å². The van der Waals surface area contributed by atoms with Gasteiger partial charge in [-0.1, -0.05) is 224 Å². The quantitative estimate of drug-likeness (QED) is 0.137. The van der Waals surface area contributed by atoms with Gasteiger partial charge in [-0.2, -0.15) is 0 Å². The fraction of sp³-hybridized carbons (Fsp3) is 0.0526. The normalized spacial score (nSPS) is 14.4. The Balaban J connectivity index is 0.889. The molecule has 0 N–H and O–H groups in total. The largest absolute Gasteiger partial charge is 0.456 e. The maximum atomic E-state index is 6.65. The van der Waals surface area contributed by atoms with E-state index in [1.807, 2.05) is 6.07 Å². The zero-order valence-corrected chi connectivity index (χ0v) is 43.3. The van der Waals surface area contributed by atoms with Crippen molar-refractivity contribution in [3.8, 4) is 44.5 Å². The van der Waals surface area contributed by atoms with Crippen molar-refractivity contribution in [1.29, 1.82) is 0 Å². The van der Waals surface area contributed by atoms with Crippen molar-refractivity contribution in [2.24, 2.45) is 0 Å². The van der Waals surface area contributed by atoms with Crippen LogP contribution in [0.5, 0.6) is 0 Å². The van der Waals surface area contributed by atoms with Crippen LogP contribution in [0.3, 0.4) is 0 Å². The van der Waals surface area contributed by atoms with Crippen LogP contribution in [-0.2, 0) is 11.8 Å². The highest BCUT2D eigenvalue weighted by Gasteiger charge is 2.53. The predicted octanol–water partition coefficient (Wildman–Crippen LogP) is 20.4. The Kier molecular flexibility index (Phi) is 10.4. The van der Waals surface area contributed by atoms with E-state index in [1.165, 1.54) is 83.5 Å². The van der Waals surface area contributed by atoms with Crippen LogP contribution in [0.15, 0.2) is 288 Å². The molecule has 79 heavy (non-hydrogen) atoms. The number of rotatable bonds is 10. The third-order valence-corrected chi connectivity index (χ3v) is 17.2. The highest BCUT2D eigenvalue weighted by Crippen LogP contribution is 2.66. The summed E-state index contributed by atoms with van der Waals surface area (Å²) in [5, 5.41) is 4.51. The van der Waals surface area contributed by atoms with E-state index in [0.29, 0.717) is 0 Å². The van der Waals surface area contributed by atoms with Gasteiger partial charge in [0.25, 0.3) is 0 Å². The summed E-state index contributed by atoms with van der Waals surface area (Å²) in [4.78, 5) is 2.45. The molecule has 0 saturated heterocycles. The molecule has 14 aromatic rings. The number of para-hydroxylation sites is 2. The van der Waals surface area contributed by atoms with Crippen molar-refractivity contribution in [1.82, 2.24) is 0 Å². The van der Waals surface area contributed by atoms with Crippen LogP contribution >= 0.6 is 0 Å². The second-order valence-corrected chi connectivity index (χ2v) is 21.3. The minimum absolute atomic E-state index is 0.0505. The summed E-state index contributed by atoms with van der Waals surface area (Å²) in [5.41, 5.74) is 25.2. The Morgan fingerprint density at radius 1 is 0.342 bits per heavy atom. The molecule has 372 valence electrons. The Morgan fingerprint density at radius 2 is 0.823 bits per heavy atom. The van der Waals surface area contributed by atoms with Crippen molar-refractivity contribution in [2.75, 3.05) is 4.90 Å². The first-order valence-corrected chi connectivity index (χ1v) is 27.6. The zero-order valence-electron chi connectivity index (χ0n) is 43.3. The van der Waals surface area contributed by atoms with E-state index in [9.17, 15) is 0 Å². The molecule has 3 nitrogen and oxygen atoms in total. The van der Waals surface area contributed by atoms with E-state index in [1.54, 1.807) is 0 Å². The fourth-order valence-corrected chi connectivity index (χ4v) is 13.7. The van der Waals surface area contributed by atoms with Crippen LogP contribution in [0.25, 0.3) is 88.4 Å². The maximum absolute atomic E-state index is 6.65. The van der Waals surface area contributed by atoms with E-state index in [4.69, 9.17) is 8.83 Å². The molecule has 2 aliphatic rings. The van der Waals surface area contributed by atoms with Crippen molar-refractivity contribution < 1.29 is 8.83 Å². The number of hydrogen-bond acceptors (Lipinski definition) is 3. The topological polar surface area (TPSA) is 29.5 Å². The third kappa shape index (κ3) is 7.06. The molecule has 12 aromatic carbocycles. The van der Waals surface area contributed by atoms with Gasteiger partial charge in [0.05, 0.1) is 11.1 Å². The van der Waals surface area contributed by atoms with E-state index in [2.05, 4.69) is 278 Å². The molecular formula is C76H51NO2. The number of benzene rings is 12. The number of nitrogens with zero attached hydrogens (tertiary/aromatic N) is 1. The summed E-state index contributed by atoms with van der Waals surface area (Å²) in [7, 11) is 0. The lowest BCUT2D eigenvalue weighted by molar-refractivity contribution is 0.664. The first kappa shape index (κ1) is 45.3. The SMILES string of the molecule is c1ccc(-c2ccc(CCC(c3ccc4c(c3)oc3ccccc34)c3cccc4c3-c3ccccc3C43c4ccccc4-c4c(N(c5ccc(-c6ccccc6)cc5)c5ccc6c(c5)oc5ccccc56)cccc43)cc2)cc1. The zero-order chi connectivity index (χ0) is 52.0. The van der Waals surface area contributed by atoms with Crippen LogP contribution in [0.1, 0.15) is 51.3 Å². The van der Waals surface area contributed by atoms with Crippen LogP contribution < -0.4 is 4.90 Å². The lowest BCUT2D eigenvalue weighted by Gasteiger charge is -2.32. The summed E-state index contributed by atoms with van der Waals surface area (Å²) >= 11 is 0. The van der Waals surface area contributed by atoms with Gasteiger partial charge >= 0.3 is 0 Å². The number of anilines is 3. The van der Waals surface area contributed by atoms with Gasteiger partial charge in [0.2, 0.25) is 0 Å². The Labute approximate surface area is 458 Å². The lowest BCUT2D eigenvalue weighted by Crippen LogP contribution is -2.26. The molecule has 0 radical (unpaired) electrons. The van der Waals surface area contributed by atoms with Gasteiger partial charge < -0.3 is 13.7 Å². The van der Waals surface area contributed by atoms with Crippen LogP contribution in [0.2, 0.25) is 0 Å². The van der Waals surface area contributed by atoms with Gasteiger partial charge in [-0.3, -0.25) is 0 Å². The minimum atomic E-state index is -0.601. The van der Waals surface area contributed by atoms with E-state index in [-0.39, 0.29) is 5.92 Å².